The molecule has 0 unspecified atom stereocenters. The Morgan fingerprint density at radius 3 is 2.19 bits per heavy atom. The van der Waals surface area contributed by atoms with Crippen LogP contribution in [-0.4, -0.2) is 41.0 Å². The predicted molar refractivity (Wildman–Crippen MR) is 74.1 cm³/mol. The SMILES string of the molecule is O=C(O)NCC1(CN2C(=O)c3ccccc3C2=O)CCC1. The van der Waals surface area contributed by atoms with E-state index < -0.39 is 6.09 Å². The number of carboxylic acid groups (broad SMARTS) is 1. The van der Waals surface area contributed by atoms with Crippen molar-refractivity contribution in [1.82, 2.24) is 10.2 Å². The van der Waals surface area contributed by atoms with Crippen LogP contribution >= 0.6 is 0 Å². The van der Waals surface area contributed by atoms with E-state index in [1.807, 2.05) is 0 Å². The molecule has 2 aliphatic rings. The number of nitrogens with zero attached hydrogens (tertiary/aromatic N) is 1. The zero-order valence-electron chi connectivity index (χ0n) is 11.5. The Morgan fingerprint density at radius 1 is 1.19 bits per heavy atom. The normalized spacial score (nSPS) is 19.1. The number of nitrogens with one attached hydrogen (secondary N) is 1. The zero-order chi connectivity index (χ0) is 15.0. The maximum Gasteiger partial charge on any atom is 0.404 e. The van der Waals surface area contributed by atoms with Gasteiger partial charge < -0.3 is 10.4 Å². The molecule has 1 aromatic rings. The summed E-state index contributed by atoms with van der Waals surface area (Å²) < 4.78 is 0. The van der Waals surface area contributed by atoms with E-state index >= 15 is 0 Å². The molecule has 1 saturated carbocycles. The molecule has 3 amide bonds. The average Bonchev–Trinajstić information content (AvgIpc) is 2.66. The third kappa shape index (κ3) is 2.26. The number of rotatable bonds is 4. The highest BCUT2D eigenvalue weighted by Crippen LogP contribution is 2.42. The Balaban J connectivity index is 1.78. The molecular weight excluding hydrogens is 272 g/mol. The van der Waals surface area contributed by atoms with Gasteiger partial charge in [0.15, 0.2) is 0 Å². The number of carbonyl (C=O) groups is 3. The molecule has 6 nitrogen and oxygen atoms in total. The third-order valence-electron chi connectivity index (χ3n) is 4.40. The Bertz CT molecular complexity index is 587. The van der Waals surface area contributed by atoms with Gasteiger partial charge in [-0.2, -0.15) is 0 Å². The van der Waals surface area contributed by atoms with E-state index in [1.54, 1.807) is 24.3 Å². The maximum atomic E-state index is 12.3. The van der Waals surface area contributed by atoms with Gasteiger partial charge in [-0.1, -0.05) is 18.6 Å². The van der Waals surface area contributed by atoms with Crippen molar-refractivity contribution in [2.75, 3.05) is 13.1 Å². The third-order valence-corrected chi connectivity index (χ3v) is 4.40. The van der Waals surface area contributed by atoms with E-state index in [1.165, 1.54) is 4.90 Å². The first-order chi connectivity index (χ1) is 10.0. The molecule has 1 aliphatic carbocycles. The second-order valence-corrected chi connectivity index (χ2v) is 5.75. The number of hydrogen-bond acceptors (Lipinski definition) is 3. The van der Waals surface area contributed by atoms with Gasteiger partial charge in [-0.25, -0.2) is 4.79 Å². The molecule has 21 heavy (non-hydrogen) atoms. The number of hydrogen-bond donors (Lipinski definition) is 2. The molecule has 0 atom stereocenters. The van der Waals surface area contributed by atoms with Crippen molar-refractivity contribution in [3.05, 3.63) is 35.4 Å². The molecule has 0 aromatic heterocycles. The summed E-state index contributed by atoms with van der Waals surface area (Å²) in [6, 6.07) is 6.77. The molecule has 0 spiro atoms. The first kappa shape index (κ1) is 13.6. The first-order valence-corrected chi connectivity index (χ1v) is 6.94. The Morgan fingerprint density at radius 2 is 1.76 bits per heavy atom. The minimum Gasteiger partial charge on any atom is -0.465 e. The number of benzene rings is 1. The van der Waals surface area contributed by atoms with Crippen LogP contribution in [0.25, 0.3) is 0 Å². The summed E-state index contributed by atoms with van der Waals surface area (Å²) in [7, 11) is 0. The van der Waals surface area contributed by atoms with Crippen molar-refractivity contribution in [1.29, 1.82) is 0 Å². The van der Waals surface area contributed by atoms with Gasteiger partial charge in [-0.05, 0) is 25.0 Å². The monoisotopic (exact) mass is 288 g/mol. The van der Waals surface area contributed by atoms with Crippen molar-refractivity contribution in [3.63, 3.8) is 0 Å². The fraction of sp³-hybridized carbons (Fsp3) is 0.400. The fourth-order valence-electron chi connectivity index (χ4n) is 3.05. The molecular formula is C15H16N2O4. The lowest BCUT2D eigenvalue weighted by Gasteiger charge is -2.43. The molecule has 6 heteroatoms. The van der Waals surface area contributed by atoms with E-state index in [9.17, 15) is 14.4 Å². The van der Waals surface area contributed by atoms with Crippen LogP contribution < -0.4 is 5.32 Å². The Labute approximate surface area is 121 Å². The zero-order valence-corrected chi connectivity index (χ0v) is 11.5. The second kappa shape index (κ2) is 4.87. The van der Waals surface area contributed by atoms with Crippen molar-refractivity contribution in [3.8, 4) is 0 Å². The van der Waals surface area contributed by atoms with Crippen molar-refractivity contribution >= 4 is 17.9 Å². The Hall–Kier alpha value is -2.37. The molecule has 1 heterocycles. The minimum atomic E-state index is -1.08. The maximum absolute atomic E-state index is 12.3. The van der Waals surface area contributed by atoms with Gasteiger partial charge in [-0.3, -0.25) is 14.5 Å². The predicted octanol–water partition coefficient (Wildman–Crippen LogP) is 1.72. The van der Waals surface area contributed by atoms with Crippen molar-refractivity contribution in [2.45, 2.75) is 19.3 Å². The first-order valence-electron chi connectivity index (χ1n) is 6.94. The highest BCUT2D eigenvalue weighted by molar-refractivity contribution is 6.21. The van der Waals surface area contributed by atoms with E-state index in [2.05, 4.69) is 5.32 Å². The van der Waals surface area contributed by atoms with Crippen molar-refractivity contribution < 1.29 is 19.5 Å². The van der Waals surface area contributed by atoms with Gasteiger partial charge in [0, 0.05) is 18.5 Å². The van der Waals surface area contributed by atoms with Crippen LogP contribution in [0.15, 0.2) is 24.3 Å². The number of amides is 3. The van der Waals surface area contributed by atoms with Gasteiger partial charge in [-0.15, -0.1) is 0 Å². The topological polar surface area (TPSA) is 86.7 Å². The largest absolute Gasteiger partial charge is 0.465 e. The van der Waals surface area contributed by atoms with Gasteiger partial charge >= 0.3 is 6.09 Å². The summed E-state index contributed by atoms with van der Waals surface area (Å²) in [5, 5.41) is 11.1. The van der Waals surface area contributed by atoms with Crippen LogP contribution in [0.3, 0.4) is 0 Å². The van der Waals surface area contributed by atoms with E-state index in [0.29, 0.717) is 11.1 Å². The summed E-state index contributed by atoms with van der Waals surface area (Å²) in [5.41, 5.74) is 0.553. The minimum absolute atomic E-state index is 0.274. The molecule has 1 aromatic carbocycles. The molecule has 1 aliphatic heterocycles. The van der Waals surface area contributed by atoms with Gasteiger partial charge in [0.05, 0.1) is 11.1 Å². The van der Waals surface area contributed by atoms with Crippen LogP contribution in [0.4, 0.5) is 4.79 Å². The lowest BCUT2D eigenvalue weighted by molar-refractivity contribution is 0.0425. The second-order valence-electron chi connectivity index (χ2n) is 5.75. The van der Waals surface area contributed by atoms with Crippen LogP contribution in [0.1, 0.15) is 40.0 Å². The highest BCUT2D eigenvalue weighted by atomic mass is 16.4. The standard InChI is InChI=1S/C15H16N2O4/c18-12-10-4-1-2-5-11(10)13(19)17(12)9-15(6-3-7-15)8-16-14(20)21/h1-2,4-5,16H,3,6-9H2,(H,20,21). The lowest BCUT2D eigenvalue weighted by atomic mass is 9.68. The van der Waals surface area contributed by atoms with Crippen LogP contribution in [0, 0.1) is 5.41 Å². The quantitative estimate of drug-likeness (QED) is 0.826. The summed E-state index contributed by atoms with van der Waals surface area (Å²) in [6.07, 6.45) is 1.55. The molecule has 110 valence electrons. The van der Waals surface area contributed by atoms with Gasteiger partial charge in [0.25, 0.3) is 11.8 Å². The van der Waals surface area contributed by atoms with E-state index in [4.69, 9.17) is 5.11 Å². The number of imide groups is 1. The van der Waals surface area contributed by atoms with Crippen LogP contribution in [0.5, 0.6) is 0 Å². The fourth-order valence-corrected chi connectivity index (χ4v) is 3.05. The average molecular weight is 288 g/mol. The summed E-state index contributed by atoms with van der Waals surface area (Å²) in [6.45, 7) is 0.551. The smallest absolute Gasteiger partial charge is 0.404 e. The Kier molecular flexibility index (Phi) is 3.16. The van der Waals surface area contributed by atoms with Crippen molar-refractivity contribution in [2.24, 2.45) is 5.41 Å². The number of fused-ring (bicyclic) bond motifs is 1. The van der Waals surface area contributed by atoms with Crippen LogP contribution in [-0.2, 0) is 0 Å². The molecule has 1 fully saturated rings. The van der Waals surface area contributed by atoms with Crippen LogP contribution in [0.2, 0.25) is 0 Å². The van der Waals surface area contributed by atoms with Gasteiger partial charge in [0.1, 0.15) is 0 Å². The molecule has 0 saturated heterocycles. The molecule has 0 radical (unpaired) electrons. The van der Waals surface area contributed by atoms with E-state index in [0.717, 1.165) is 19.3 Å². The summed E-state index contributed by atoms with van der Waals surface area (Å²) in [5.74, 6) is -0.561. The summed E-state index contributed by atoms with van der Waals surface area (Å²) in [4.78, 5) is 36.6. The highest BCUT2D eigenvalue weighted by Gasteiger charge is 2.44. The van der Waals surface area contributed by atoms with E-state index in [-0.39, 0.29) is 30.3 Å². The number of carbonyl (C=O) groups excluding carboxylic acids is 2. The summed E-state index contributed by atoms with van der Waals surface area (Å²) >= 11 is 0. The van der Waals surface area contributed by atoms with Gasteiger partial charge in [0.2, 0.25) is 0 Å². The lowest BCUT2D eigenvalue weighted by Crippen LogP contribution is -2.50. The molecule has 0 bridgehead atoms. The molecule has 2 N–H and O–H groups in total. The molecule has 3 rings (SSSR count).